The lowest BCUT2D eigenvalue weighted by Crippen LogP contribution is -2.29. The fraction of sp³-hybridized carbons (Fsp3) is 0.556. The van der Waals surface area contributed by atoms with Crippen molar-refractivity contribution in [3.63, 3.8) is 0 Å². The van der Waals surface area contributed by atoms with Crippen molar-refractivity contribution in [1.29, 1.82) is 0 Å². The maximum Gasteiger partial charge on any atom is 0.227 e. The SMILES string of the molecule is NC1CCC(C(=O)Nc2ccc(CC(=O)N3CCCC3)cc2)C1. The summed E-state index contributed by atoms with van der Waals surface area (Å²) in [5.41, 5.74) is 7.63. The number of amides is 2. The number of hydrogen-bond acceptors (Lipinski definition) is 3. The number of carbonyl (C=O) groups is 2. The molecule has 1 aromatic rings. The Hall–Kier alpha value is -1.88. The Morgan fingerprint density at radius 2 is 1.83 bits per heavy atom. The number of nitrogens with one attached hydrogen (secondary N) is 1. The fourth-order valence-electron chi connectivity index (χ4n) is 3.46. The predicted octanol–water partition coefficient (Wildman–Crippen LogP) is 1.92. The molecule has 2 unspecified atom stereocenters. The molecule has 1 saturated heterocycles. The Bertz CT molecular complexity index is 564. The van der Waals surface area contributed by atoms with Crippen LogP contribution in [0.4, 0.5) is 5.69 Å². The third-order valence-corrected chi connectivity index (χ3v) is 4.88. The van der Waals surface area contributed by atoms with Crippen LogP contribution in [0.1, 0.15) is 37.7 Å². The Kier molecular flexibility index (Phi) is 4.96. The lowest BCUT2D eigenvalue weighted by molar-refractivity contribution is -0.129. The number of benzene rings is 1. The number of nitrogens with two attached hydrogens (primary N) is 1. The number of anilines is 1. The van der Waals surface area contributed by atoms with Gasteiger partial charge in [0.2, 0.25) is 11.8 Å². The van der Waals surface area contributed by atoms with Gasteiger partial charge in [-0.05, 0) is 49.8 Å². The van der Waals surface area contributed by atoms with Gasteiger partial charge in [0, 0.05) is 30.7 Å². The summed E-state index contributed by atoms with van der Waals surface area (Å²) >= 11 is 0. The highest BCUT2D eigenvalue weighted by Crippen LogP contribution is 2.25. The fourth-order valence-corrected chi connectivity index (χ4v) is 3.46. The minimum Gasteiger partial charge on any atom is -0.342 e. The van der Waals surface area contributed by atoms with E-state index in [0.717, 1.165) is 56.4 Å². The monoisotopic (exact) mass is 315 g/mol. The van der Waals surface area contributed by atoms with E-state index in [0.29, 0.717) is 6.42 Å². The number of hydrogen-bond donors (Lipinski definition) is 2. The average molecular weight is 315 g/mol. The normalized spacial score (nSPS) is 24.0. The highest BCUT2D eigenvalue weighted by atomic mass is 16.2. The second-order valence-electron chi connectivity index (χ2n) is 6.72. The predicted molar refractivity (Wildman–Crippen MR) is 89.9 cm³/mol. The molecule has 3 N–H and O–H groups in total. The van der Waals surface area contributed by atoms with Crippen LogP contribution in [0.3, 0.4) is 0 Å². The van der Waals surface area contributed by atoms with Crippen molar-refractivity contribution in [2.45, 2.75) is 44.6 Å². The van der Waals surface area contributed by atoms with Crippen LogP contribution in [-0.4, -0.2) is 35.8 Å². The highest BCUT2D eigenvalue weighted by Gasteiger charge is 2.27. The first-order chi connectivity index (χ1) is 11.1. The first-order valence-electron chi connectivity index (χ1n) is 8.55. The quantitative estimate of drug-likeness (QED) is 0.891. The highest BCUT2D eigenvalue weighted by molar-refractivity contribution is 5.92. The molecular weight excluding hydrogens is 290 g/mol. The zero-order valence-electron chi connectivity index (χ0n) is 13.5. The van der Waals surface area contributed by atoms with Gasteiger partial charge in [-0.25, -0.2) is 0 Å². The largest absolute Gasteiger partial charge is 0.342 e. The maximum atomic E-state index is 12.2. The molecule has 0 bridgehead atoms. The van der Waals surface area contributed by atoms with Gasteiger partial charge in [-0.15, -0.1) is 0 Å². The summed E-state index contributed by atoms with van der Waals surface area (Å²) in [6.07, 6.45) is 5.23. The van der Waals surface area contributed by atoms with E-state index in [9.17, 15) is 9.59 Å². The minimum atomic E-state index is 0.0291. The molecule has 5 heteroatoms. The summed E-state index contributed by atoms with van der Waals surface area (Å²) in [6, 6.07) is 7.75. The molecule has 2 fully saturated rings. The maximum absolute atomic E-state index is 12.2. The van der Waals surface area contributed by atoms with Gasteiger partial charge in [0.1, 0.15) is 0 Å². The third kappa shape index (κ3) is 4.10. The van der Waals surface area contributed by atoms with E-state index < -0.39 is 0 Å². The molecule has 1 aliphatic carbocycles. The number of nitrogens with zero attached hydrogens (tertiary/aromatic N) is 1. The summed E-state index contributed by atoms with van der Waals surface area (Å²) in [5, 5.41) is 2.95. The molecule has 124 valence electrons. The summed E-state index contributed by atoms with van der Waals surface area (Å²) < 4.78 is 0. The first kappa shape index (κ1) is 16.0. The molecule has 0 spiro atoms. The molecule has 23 heavy (non-hydrogen) atoms. The van der Waals surface area contributed by atoms with E-state index in [-0.39, 0.29) is 23.8 Å². The molecule has 2 amide bonds. The molecule has 3 rings (SSSR count). The van der Waals surface area contributed by atoms with Crippen molar-refractivity contribution in [3.8, 4) is 0 Å². The number of likely N-dealkylation sites (tertiary alicyclic amines) is 1. The van der Waals surface area contributed by atoms with E-state index in [1.54, 1.807) is 0 Å². The van der Waals surface area contributed by atoms with Crippen LogP contribution < -0.4 is 11.1 Å². The first-order valence-corrected chi connectivity index (χ1v) is 8.55. The Morgan fingerprint density at radius 1 is 1.13 bits per heavy atom. The van der Waals surface area contributed by atoms with E-state index >= 15 is 0 Å². The van der Waals surface area contributed by atoms with Crippen molar-refractivity contribution >= 4 is 17.5 Å². The summed E-state index contributed by atoms with van der Waals surface area (Å²) in [5.74, 6) is 0.277. The zero-order chi connectivity index (χ0) is 16.2. The van der Waals surface area contributed by atoms with Crippen molar-refractivity contribution < 1.29 is 9.59 Å². The van der Waals surface area contributed by atoms with Gasteiger partial charge in [-0.3, -0.25) is 9.59 Å². The van der Waals surface area contributed by atoms with Crippen LogP contribution in [-0.2, 0) is 16.0 Å². The molecule has 5 nitrogen and oxygen atoms in total. The van der Waals surface area contributed by atoms with Crippen molar-refractivity contribution in [2.75, 3.05) is 18.4 Å². The van der Waals surface area contributed by atoms with Gasteiger partial charge in [0.05, 0.1) is 6.42 Å². The summed E-state index contributed by atoms with van der Waals surface area (Å²) in [6.45, 7) is 1.77. The third-order valence-electron chi connectivity index (χ3n) is 4.88. The lowest BCUT2D eigenvalue weighted by Gasteiger charge is -2.15. The molecule has 2 aliphatic rings. The number of rotatable bonds is 4. The Balaban J connectivity index is 1.52. The van der Waals surface area contributed by atoms with Crippen molar-refractivity contribution in [1.82, 2.24) is 4.90 Å². The molecule has 1 saturated carbocycles. The standard InChI is InChI=1S/C18H25N3O2/c19-15-6-5-14(12-15)18(23)20-16-7-3-13(4-8-16)11-17(22)21-9-1-2-10-21/h3-4,7-8,14-15H,1-2,5-6,9-12,19H2,(H,20,23). The summed E-state index contributed by atoms with van der Waals surface area (Å²) in [4.78, 5) is 26.2. The smallest absolute Gasteiger partial charge is 0.227 e. The minimum absolute atomic E-state index is 0.0291. The Labute approximate surface area is 137 Å². The molecule has 0 radical (unpaired) electrons. The van der Waals surface area contributed by atoms with E-state index in [1.165, 1.54) is 0 Å². The van der Waals surface area contributed by atoms with Gasteiger partial charge < -0.3 is 16.0 Å². The van der Waals surface area contributed by atoms with Gasteiger partial charge in [-0.2, -0.15) is 0 Å². The molecular formula is C18H25N3O2. The lowest BCUT2D eigenvalue weighted by atomic mass is 10.1. The molecule has 0 aromatic heterocycles. The molecule has 2 atom stereocenters. The second-order valence-corrected chi connectivity index (χ2v) is 6.72. The van der Waals surface area contributed by atoms with E-state index in [2.05, 4.69) is 5.32 Å². The van der Waals surface area contributed by atoms with E-state index in [4.69, 9.17) is 5.73 Å². The molecule has 1 aromatic carbocycles. The van der Waals surface area contributed by atoms with Crippen LogP contribution in [0.15, 0.2) is 24.3 Å². The van der Waals surface area contributed by atoms with Crippen LogP contribution in [0, 0.1) is 5.92 Å². The van der Waals surface area contributed by atoms with Gasteiger partial charge in [0.25, 0.3) is 0 Å². The van der Waals surface area contributed by atoms with Gasteiger partial charge in [-0.1, -0.05) is 12.1 Å². The Morgan fingerprint density at radius 3 is 2.43 bits per heavy atom. The van der Waals surface area contributed by atoms with Crippen LogP contribution in [0.25, 0.3) is 0 Å². The van der Waals surface area contributed by atoms with Gasteiger partial charge in [0.15, 0.2) is 0 Å². The van der Waals surface area contributed by atoms with Crippen LogP contribution >= 0.6 is 0 Å². The van der Waals surface area contributed by atoms with E-state index in [1.807, 2.05) is 29.2 Å². The second kappa shape index (κ2) is 7.13. The zero-order valence-corrected chi connectivity index (χ0v) is 13.5. The van der Waals surface area contributed by atoms with Crippen molar-refractivity contribution in [2.24, 2.45) is 11.7 Å². The topological polar surface area (TPSA) is 75.4 Å². The average Bonchev–Trinajstić information content (AvgIpc) is 3.20. The molecule has 1 heterocycles. The number of carbonyl (C=O) groups excluding carboxylic acids is 2. The van der Waals surface area contributed by atoms with Gasteiger partial charge >= 0.3 is 0 Å². The van der Waals surface area contributed by atoms with Crippen LogP contribution in [0.2, 0.25) is 0 Å². The summed E-state index contributed by atoms with van der Waals surface area (Å²) in [7, 11) is 0. The van der Waals surface area contributed by atoms with Crippen LogP contribution in [0.5, 0.6) is 0 Å². The molecule has 1 aliphatic heterocycles. The van der Waals surface area contributed by atoms with Crippen molar-refractivity contribution in [3.05, 3.63) is 29.8 Å².